The molecule has 4 nitrogen and oxygen atoms in total. The van der Waals surface area contributed by atoms with E-state index in [1.165, 1.54) is 7.11 Å². The van der Waals surface area contributed by atoms with Crippen molar-refractivity contribution < 1.29 is 19.1 Å². The predicted molar refractivity (Wildman–Crippen MR) is 96.7 cm³/mol. The van der Waals surface area contributed by atoms with E-state index in [4.69, 9.17) is 9.47 Å². The molecule has 0 aliphatic heterocycles. The molecule has 1 aromatic rings. The van der Waals surface area contributed by atoms with E-state index in [1.807, 2.05) is 37.3 Å². The quantitative estimate of drug-likeness (QED) is 0.542. The topological polar surface area (TPSA) is 52.6 Å². The summed E-state index contributed by atoms with van der Waals surface area (Å²) in [5, 5.41) is 0. The minimum Gasteiger partial charge on any atom is -0.469 e. The third-order valence-corrected chi connectivity index (χ3v) is 5.07. The van der Waals surface area contributed by atoms with Crippen LogP contribution in [0.15, 0.2) is 42.5 Å². The smallest absolute Gasteiger partial charge is 0.312 e. The Bertz CT molecular complexity index is 600. The fourth-order valence-corrected chi connectivity index (χ4v) is 3.76. The maximum absolute atomic E-state index is 12.9. The van der Waals surface area contributed by atoms with Gasteiger partial charge in [0.2, 0.25) is 0 Å². The second-order valence-electron chi connectivity index (χ2n) is 7.02. The van der Waals surface area contributed by atoms with Gasteiger partial charge in [-0.05, 0) is 31.7 Å². The summed E-state index contributed by atoms with van der Waals surface area (Å²) in [4.78, 5) is 25.5. The first-order valence-corrected chi connectivity index (χ1v) is 8.93. The average Bonchev–Trinajstić information content (AvgIpc) is 2.64. The molecule has 0 heterocycles. The highest BCUT2D eigenvalue weighted by Gasteiger charge is 2.50. The molecule has 1 aliphatic rings. The van der Waals surface area contributed by atoms with Crippen LogP contribution in [0.1, 0.15) is 51.0 Å². The monoisotopic (exact) mass is 344 g/mol. The molecular weight excluding hydrogens is 316 g/mol. The molecule has 0 amide bonds. The molecule has 0 saturated heterocycles. The van der Waals surface area contributed by atoms with E-state index in [9.17, 15) is 9.59 Å². The summed E-state index contributed by atoms with van der Waals surface area (Å²) in [5.74, 6) is -1.17. The standard InChI is InChI=1S/C21H28O4/c1-16(2)14-18(19(22)25-15-17-10-6-4-7-11-17)21(20(23)24-3)12-8-5-9-13-21/h4,6-7,10-11,18H,1,5,8-9,12-15H2,2-3H3. The van der Waals surface area contributed by atoms with Crippen LogP contribution < -0.4 is 0 Å². The van der Waals surface area contributed by atoms with Gasteiger partial charge in [-0.1, -0.05) is 55.2 Å². The van der Waals surface area contributed by atoms with Crippen LogP contribution in [0, 0.1) is 11.3 Å². The van der Waals surface area contributed by atoms with Crippen LogP contribution in [0.25, 0.3) is 0 Å². The number of ether oxygens (including phenoxy) is 2. The minimum absolute atomic E-state index is 0.212. The van der Waals surface area contributed by atoms with Crippen LogP contribution >= 0.6 is 0 Å². The fraction of sp³-hybridized carbons (Fsp3) is 0.524. The maximum Gasteiger partial charge on any atom is 0.312 e. The Kier molecular flexibility index (Phi) is 6.80. The Labute approximate surface area is 150 Å². The second-order valence-corrected chi connectivity index (χ2v) is 7.02. The summed E-state index contributed by atoms with van der Waals surface area (Å²) < 4.78 is 10.7. The van der Waals surface area contributed by atoms with Crippen molar-refractivity contribution in [1.29, 1.82) is 0 Å². The normalized spacial score (nSPS) is 17.4. The van der Waals surface area contributed by atoms with Crippen molar-refractivity contribution in [3.8, 4) is 0 Å². The number of methoxy groups -OCH3 is 1. The van der Waals surface area contributed by atoms with Gasteiger partial charge in [-0.15, -0.1) is 6.58 Å². The fourth-order valence-electron chi connectivity index (χ4n) is 3.76. The molecular formula is C21H28O4. The Morgan fingerprint density at radius 1 is 1.16 bits per heavy atom. The number of hydrogen-bond acceptors (Lipinski definition) is 4. The summed E-state index contributed by atoms with van der Waals surface area (Å²) in [5.41, 5.74) is 1.01. The molecule has 0 spiro atoms. The molecule has 2 rings (SSSR count). The number of benzene rings is 1. The largest absolute Gasteiger partial charge is 0.469 e. The van der Waals surface area contributed by atoms with Gasteiger partial charge in [-0.2, -0.15) is 0 Å². The molecule has 4 heteroatoms. The van der Waals surface area contributed by atoms with E-state index in [-0.39, 0.29) is 18.5 Å². The van der Waals surface area contributed by atoms with Crippen LogP contribution in [0.5, 0.6) is 0 Å². The van der Waals surface area contributed by atoms with Gasteiger partial charge < -0.3 is 9.47 Å². The highest BCUT2D eigenvalue weighted by molar-refractivity contribution is 5.85. The molecule has 1 aliphatic carbocycles. The van der Waals surface area contributed by atoms with Crippen molar-refractivity contribution in [2.24, 2.45) is 11.3 Å². The Balaban J connectivity index is 2.21. The van der Waals surface area contributed by atoms with E-state index in [0.29, 0.717) is 19.3 Å². The van der Waals surface area contributed by atoms with Crippen molar-refractivity contribution in [3.05, 3.63) is 48.0 Å². The molecule has 0 bridgehead atoms. The lowest BCUT2D eigenvalue weighted by molar-refractivity contribution is -0.171. The summed E-state index contributed by atoms with van der Waals surface area (Å²) >= 11 is 0. The van der Waals surface area contributed by atoms with Gasteiger partial charge in [-0.3, -0.25) is 9.59 Å². The van der Waals surface area contributed by atoms with E-state index in [1.54, 1.807) is 0 Å². The van der Waals surface area contributed by atoms with Crippen molar-refractivity contribution >= 4 is 11.9 Å². The van der Waals surface area contributed by atoms with E-state index < -0.39 is 11.3 Å². The van der Waals surface area contributed by atoms with Gasteiger partial charge >= 0.3 is 11.9 Å². The van der Waals surface area contributed by atoms with Gasteiger partial charge in [0.15, 0.2) is 0 Å². The number of carbonyl (C=O) groups excluding carboxylic acids is 2. The molecule has 25 heavy (non-hydrogen) atoms. The van der Waals surface area contributed by atoms with Crippen molar-refractivity contribution in [2.75, 3.05) is 7.11 Å². The molecule has 1 aromatic carbocycles. The van der Waals surface area contributed by atoms with Crippen molar-refractivity contribution in [2.45, 2.75) is 52.1 Å². The van der Waals surface area contributed by atoms with Crippen LogP contribution in [-0.2, 0) is 25.7 Å². The zero-order valence-electron chi connectivity index (χ0n) is 15.3. The first-order chi connectivity index (χ1) is 12.0. The molecule has 0 aromatic heterocycles. The van der Waals surface area contributed by atoms with Gasteiger partial charge in [0, 0.05) is 0 Å². The molecule has 0 radical (unpaired) electrons. The lowest BCUT2D eigenvalue weighted by atomic mass is 9.64. The number of carbonyl (C=O) groups is 2. The summed E-state index contributed by atoms with van der Waals surface area (Å²) in [6.07, 6.45) is 4.71. The number of esters is 2. The molecule has 0 N–H and O–H groups in total. The van der Waals surface area contributed by atoms with E-state index in [2.05, 4.69) is 6.58 Å². The van der Waals surface area contributed by atoms with E-state index in [0.717, 1.165) is 30.4 Å². The first-order valence-electron chi connectivity index (χ1n) is 8.93. The molecule has 136 valence electrons. The third-order valence-electron chi connectivity index (χ3n) is 5.07. The highest BCUT2D eigenvalue weighted by atomic mass is 16.5. The Hall–Kier alpha value is -2.10. The summed E-state index contributed by atoms with van der Waals surface area (Å²) in [6, 6.07) is 9.57. The van der Waals surface area contributed by atoms with Gasteiger partial charge in [-0.25, -0.2) is 0 Å². The minimum atomic E-state index is -0.792. The molecule has 1 saturated carbocycles. The number of allylic oxidation sites excluding steroid dienone is 1. The SMILES string of the molecule is C=C(C)CC(C(=O)OCc1ccccc1)C1(C(=O)OC)CCCCC1. The number of hydrogen-bond donors (Lipinski definition) is 0. The summed E-state index contributed by atoms with van der Waals surface area (Å²) in [6.45, 7) is 6.04. The van der Waals surface area contributed by atoms with Crippen molar-refractivity contribution in [1.82, 2.24) is 0 Å². The van der Waals surface area contributed by atoms with Crippen LogP contribution in [-0.4, -0.2) is 19.0 Å². The second kappa shape index (κ2) is 8.84. The van der Waals surface area contributed by atoms with Gasteiger partial charge in [0.05, 0.1) is 18.4 Å². The first kappa shape index (κ1) is 19.2. The van der Waals surface area contributed by atoms with Gasteiger partial charge in [0.1, 0.15) is 6.61 Å². The Morgan fingerprint density at radius 3 is 2.36 bits per heavy atom. The average molecular weight is 344 g/mol. The number of rotatable bonds is 7. The lowest BCUT2D eigenvalue weighted by Crippen LogP contribution is -2.45. The maximum atomic E-state index is 12.9. The van der Waals surface area contributed by atoms with Crippen LogP contribution in [0.3, 0.4) is 0 Å². The third kappa shape index (κ3) is 4.71. The molecule has 1 unspecified atom stereocenters. The zero-order valence-corrected chi connectivity index (χ0v) is 15.3. The molecule has 1 fully saturated rings. The van der Waals surface area contributed by atoms with Crippen LogP contribution in [0.4, 0.5) is 0 Å². The van der Waals surface area contributed by atoms with Crippen molar-refractivity contribution in [3.63, 3.8) is 0 Å². The predicted octanol–water partition coefficient (Wildman–Crippen LogP) is 4.44. The lowest BCUT2D eigenvalue weighted by Gasteiger charge is -2.39. The molecule has 1 atom stereocenters. The van der Waals surface area contributed by atoms with Crippen LogP contribution in [0.2, 0.25) is 0 Å². The summed E-state index contributed by atoms with van der Waals surface area (Å²) in [7, 11) is 1.39. The zero-order chi connectivity index (χ0) is 18.3. The van der Waals surface area contributed by atoms with E-state index >= 15 is 0 Å². The highest BCUT2D eigenvalue weighted by Crippen LogP contribution is 2.46. The van der Waals surface area contributed by atoms with Gasteiger partial charge in [0.25, 0.3) is 0 Å². The Morgan fingerprint density at radius 2 is 1.80 bits per heavy atom.